The molecule has 7 nitrogen and oxygen atoms in total. The Morgan fingerprint density at radius 2 is 2.29 bits per heavy atom. The van der Waals surface area contributed by atoms with Gasteiger partial charge in [-0.3, -0.25) is 15.0 Å². The lowest BCUT2D eigenvalue weighted by atomic mass is 10.1. The molecule has 2 saturated heterocycles. The summed E-state index contributed by atoms with van der Waals surface area (Å²) in [6.07, 6.45) is 3.55. The first-order valence-corrected chi connectivity index (χ1v) is 7.26. The second kappa shape index (κ2) is 4.70. The Kier molecular flexibility index (Phi) is 2.81. The van der Waals surface area contributed by atoms with E-state index in [-0.39, 0.29) is 5.69 Å². The Bertz CT molecular complexity index is 699. The Morgan fingerprint density at radius 1 is 1.38 bits per heavy atom. The van der Waals surface area contributed by atoms with Crippen LogP contribution < -0.4 is 5.32 Å². The highest BCUT2D eigenvalue weighted by molar-refractivity contribution is 5.77. The van der Waals surface area contributed by atoms with Crippen molar-refractivity contribution in [2.75, 3.05) is 18.4 Å². The Hall–Kier alpha value is -2.15. The zero-order valence-corrected chi connectivity index (χ0v) is 11.5. The largest absolute Gasteiger partial charge is 0.424 e. The fourth-order valence-electron chi connectivity index (χ4n) is 3.50. The van der Waals surface area contributed by atoms with Gasteiger partial charge in [0.2, 0.25) is 0 Å². The van der Waals surface area contributed by atoms with E-state index >= 15 is 0 Å². The highest BCUT2D eigenvalue weighted by Gasteiger charge is 2.37. The summed E-state index contributed by atoms with van der Waals surface area (Å²) in [4.78, 5) is 17.2. The minimum Gasteiger partial charge on any atom is -0.424 e. The van der Waals surface area contributed by atoms with E-state index in [1.54, 1.807) is 6.07 Å². The minimum atomic E-state index is -0.422. The normalized spacial score (nSPS) is 25.3. The molecule has 2 unspecified atom stereocenters. The SMILES string of the molecule is O=[N+]([O-])c1ccc2oc(NC3CCN4CCCC34)nc2c1. The maximum absolute atomic E-state index is 10.8. The molecule has 2 fully saturated rings. The highest BCUT2D eigenvalue weighted by Crippen LogP contribution is 2.31. The van der Waals surface area contributed by atoms with E-state index in [0.717, 1.165) is 13.0 Å². The predicted octanol–water partition coefficient (Wildman–Crippen LogP) is 2.38. The lowest BCUT2D eigenvalue weighted by Crippen LogP contribution is -2.33. The summed E-state index contributed by atoms with van der Waals surface area (Å²) < 4.78 is 5.65. The molecule has 0 amide bonds. The number of aromatic nitrogens is 1. The van der Waals surface area contributed by atoms with Gasteiger partial charge >= 0.3 is 0 Å². The third kappa shape index (κ3) is 2.13. The fourth-order valence-corrected chi connectivity index (χ4v) is 3.50. The van der Waals surface area contributed by atoms with Crippen molar-refractivity contribution in [2.45, 2.75) is 31.3 Å². The number of non-ortho nitro benzene ring substituents is 1. The molecule has 21 heavy (non-hydrogen) atoms. The summed E-state index contributed by atoms with van der Waals surface area (Å²) in [6.45, 7) is 2.30. The number of fused-ring (bicyclic) bond motifs is 2. The number of nitro groups is 1. The van der Waals surface area contributed by atoms with E-state index in [0.29, 0.717) is 29.2 Å². The summed E-state index contributed by atoms with van der Waals surface area (Å²) in [6, 6.07) is 5.86. The van der Waals surface area contributed by atoms with Crippen LogP contribution in [0.15, 0.2) is 22.6 Å². The van der Waals surface area contributed by atoms with Crippen molar-refractivity contribution in [2.24, 2.45) is 0 Å². The number of hydrogen-bond acceptors (Lipinski definition) is 6. The van der Waals surface area contributed by atoms with Crippen LogP contribution >= 0.6 is 0 Å². The molecule has 110 valence electrons. The van der Waals surface area contributed by atoms with Crippen molar-refractivity contribution in [3.8, 4) is 0 Å². The Balaban J connectivity index is 1.58. The molecule has 0 spiro atoms. The predicted molar refractivity (Wildman–Crippen MR) is 77.3 cm³/mol. The van der Waals surface area contributed by atoms with E-state index in [1.807, 2.05) is 0 Å². The topological polar surface area (TPSA) is 84.4 Å². The number of nitrogens with zero attached hydrogens (tertiary/aromatic N) is 3. The quantitative estimate of drug-likeness (QED) is 0.689. The van der Waals surface area contributed by atoms with Crippen LogP contribution in [0.4, 0.5) is 11.7 Å². The molecule has 2 atom stereocenters. The molecule has 1 N–H and O–H groups in total. The maximum atomic E-state index is 10.8. The van der Waals surface area contributed by atoms with Gasteiger partial charge in [0.15, 0.2) is 5.58 Å². The molecule has 1 aromatic heterocycles. The lowest BCUT2D eigenvalue weighted by Gasteiger charge is -2.20. The van der Waals surface area contributed by atoms with Gasteiger partial charge in [0.1, 0.15) is 5.52 Å². The van der Waals surface area contributed by atoms with E-state index < -0.39 is 4.92 Å². The van der Waals surface area contributed by atoms with E-state index in [9.17, 15) is 10.1 Å². The van der Waals surface area contributed by atoms with Crippen molar-refractivity contribution in [1.82, 2.24) is 9.88 Å². The molecular weight excluding hydrogens is 272 g/mol. The maximum Gasteiger partial charge on any atom is 0.295 e. The molecule has 0 saturated carbocycles. The van der Waals surface area contributed by atoms with Crippen LogP contribution in [0.1, 0.15) is 19.3 Å². The highest BCUT2D eigenvalue weighted by atomic mass is 16.6. The van der Waals surface area contributed by atoms with E-state index in [4.69, 9.17) is 4.42 Å². The summed E-state index contributed by atoms with van der Waals surface area (Å²) in [5.74, 6) is 0. The fraction of sp³-hybridized carbons (Fsp3) is 0.500. The van der Waals surface area contributed by atoms with Crippen molar-refractivity contribution in [3.63, 3.8) is 0 Å². The molecular formula is C14H16N4O3. The second-order valence-corrected chi connectivity index (χ2v) is 5.71. The van der Waals surface area contributed by atoms with Crippen LogP contribution in [-0.4, -0.2) is 40.0 Å². The Labute approximate surface area is 121 Å². The summed E-state index contributed by atoms with van der Waals surface area (Å²) in [5.41, 5.74) is 1.13. The van der Waals surface area contributed by atoms with Gasteiger partial charge in [0.05, 0.1) is 4.92 Å². The molecule has 4 rings (SSSR count). The number of anilines is 1. The monoisotopic (exact) mass is 288 g/mol. The molecule has 0 bridgehead atoms. The van der Waals surface area contributed by atoms with Crippen LogP contribution in [0.2, 0.25) is 0 Å². The van der Waals surface area contributed by atoms with Crippen molar-refractivity contribution in [3.05, 3.63) is 28.3 Å². The van der Waals surface area contributed by atoms with Gasteiger partial charge in [-0.1, -0.05) is 0 Å². The number of benzene rings is 1. The molecule has 1 aromatic carbocycles. The molecule has 0 radical (unpaired) electrons. The zero-order chi connectivity index (χ0) is 14.4. The molecule has 0 aliphatic carbocycles. The van der Waals surface area contributed by atoms with Gasteiger partial charge in [0, 0.05) is 30.8 Å². The van der Waals surface area contributed by atoms with Crippen molar-refractivity contribution < 1.29 is 9.34 Å². The van der Waals surface area contributed by atoms with Crippen LogP contribution in [0, 0.1) is 10.1 Å². The molecule has 3 heterocycles. The number of nitro benzene ring substituents is 1. The summed E-state index contributed by atoms with van der Waals surface area (Å²) in [5, 5.41) is 14.1. The third-order valence-corrected chi connectivity index (χ3v) is 4.50. The number of rotatable bonds is 3. The first-order valence-electron chi connectivity index (χ1n) is 7.26. The minimum absolute atomic E-state index is 0.0326. The third-order valence-electron chi connectivity index (χ3n) is 4.50. The first-order chi connectivity index (χ1) is 10.2. The Morgan fingerprint density at radius 3 is 3.14 bits per heavy atom. The number of nitrogens with one attached hydrogen (secondary N) is 1. The van der Waals surface area contributed by atoms with E-state index in [2.05, 4.69) is 15.2 Å². The second-order valence-electron chi connectivity index (χ2n) is 5.71. The number of hydrogen-bond donors (Lipinski definition) is 1. The van der Waals surface area contributed by atoms with Crippen LogP contribution in [0.5, 0.6) is 0 Å². The zero-order valence-electron chi connectivity index (χ0n) is 11.5. The number of oxazole rings is 1. The standard InChI is InChI=1S/C14H16N4O3/c19-18(20)9-3-4-13-11(8-9)16-14(21-13)15-10-5-7-17-6-1-2-12(10)17/h3-4,8,10,12H,1-2,5-7H2,(H,15,16). The molecule has 2 aromatic rings. The first kappa shape index (κ1) is 12.6. The average Bonchev–Trinajstić information content (AvgIpc) is 3.14. The smallest absolute Gasteiger partial charge is 0.295 e. The van der Waals surface area contributed by atoms with Crippen LogP contribution in [-0.2, 0) is 0 Å². The van der Waals surface area contributed by atoms with Gasteiger partial charge < -0.3 is 9.73 Å². The van der Waals surface area contributed by atoms with E-state index in [1.165, 1.54) is 31.5 Å². The van der Waals surface area contributed by atoms with Gasteiger partial charge in [-0.25, -0.2) is 0 Å². The molecule has 7 heteroatoms. The van der Waals surface area contributed by atoms with Crippen molar-refractivity contribution in [1.29, 1.82) is 0 Å². The molecule has 2 aliphatic heterocycles. The van der Waals surface area contributed by atoms with Gasteiger partial charge in [-0.05, 0) is 31.9 Å². The van der Waals surface area contributed by atoms with Crippen LogP contribution in [0.25, 0.3) is 11.1 Å². The van der Waals surface area contributed by atoms with Gasteiger partial charge in [0.25, 0.3) is 11.7 Å². The van der Waals surface area contributed by atoms with Crippen LogP contribution in [0.3, 0.4) is 0 Å². The lowest BCUT2D eigenvalue weighted by molar-refractivity contribution is -0.384. The van der Waals surface area contributed by atoms with Crippen molar-refractivity contribution >= 4 is 22.8 Å². The summed E-state index contributed by atoms with van der Waals surface area (Å²) in [7, 11) is 0. The van der Waals surface area contributed by atoms with Gasteiger partial charge in [-0.15, -0.1) is 0 Å². The van der Waals surface area contributed by atoms with Gasteiger partial charge in [-0.2, -0.15) is 4.98 Å². The average molecular weight is 288 g/mol. The molecule has 2 aliphatic rings. The summed E-state index contributed by atoms with van der Waals surface area (Å²) >= 11 is 0.